The maximum atomic E-state index is 13.7. The second-order valence-electron chi connectivity index (χ2n) is 9.40. The summed E-state index contributed by atoms with van der Waals surface area (Å²) >= 11 is 1.27. The Morgan fingerprint density at radius 2 is 1.87 bits per heavy atom. The van der Waals surface area contributed by atoms with Crippen molar-refractivity contribution in [2.45, 2.75) is 25.9 Å². The molecule has 192 valence electrons. The number of halogens is 1. The quantitative estimate of drug-likeness (QED) is 0.368. The van der Waals surface area contributed by atoms with Gasteiger partial charge in [0.25, 0.3) is 5.91 Å². The van der Waals surface area contributed by atoms with Crippen LogP contribution in [0.3, 0.4) is 0 Å². The smallest absolute Gasteiger partial charge is 0.263 e. The van der Waals surface area contributed by atoms with E-state index in [1.807, 2.05) is 44.4 Å². The molecule has 3 aromatic heterocycles. The first kappa shape index (κ1) is 24.0. The Bertz CT molecular complexity index is 1670. The van der Waals surface area contributed by atoms with Gasteiger partial charge in [-0.15, -0.1) is 11.3 Å². The van der Waals surface area contributed by atoms with E-state index in [-0.39, 0.29) is 17.6 Å². The minimum Gasteiger partial charge on any atom is -0.345 e. The lowest BCUT2D eigenvalue weighted by atomic mass is 9.97. The van der Waals surface area contributed by atoms with Crippen LogP contribution in [0.15, 0.2) is 66.4 Å². The van der Waals surface area contributed by atoms with Crippen LogP contribution in [0.5, 0.6) is 0 Å². The summed E-state index contributed by atoms with van der Waals surface area (Å²) in [6.45, 7) is 3.62. The zero-order valence-electron chi connectivity index (χ0n) is 20.9. The molecule has 0 spiro atoms. The van der Waals surface area contributed by atoms with Gasteiger partial charge in [0.2, 0.25) is 5.91 Å². The van der Waals surface area contributed by atoms with E-state index >= 15 is 0 Å². The van der Waals surface area contributed by atoms with E-state index < -0.39 is 18.0 Å². The second kappa shape index (κ2) is 9.18. The van der Waals surface area contributed by atoms with Crippen molar-refractivity contribution in [3.05, 3.63) is 88.5 Å². The minimum absolute atomic E-state index is 0.114. The van der Waals surface area contributed by atoms with Crippen molar-refractivity contribution >= 4 is 39.7 Å². The molecule has 9 nitrogen and oxygen atoms in total. The van der Waals surface area contributed by atoms with E-state index in [9.17, 15) is 14.0 Å². The molecule has 0 radical (unpaired) electrons. The zero-order chi connectivity index (χ0) is 26.6. The molecule has 1 aliphatic rings. The fourth-order valence-electron chi connectivity index (χ4n) is 5.04. The third-order valence-electron chi connectivity index (χ3n) is 6.97. The van der Waals surface area contributed by atoms with Crippen LogP contribution in [0, 0.1) is 18.7 Å². The molecule has 6 rings (SSSR count). The van der Waals surface area contributed by atoms with E-state index in [0.29, 0.717) is 22.0 Å². The van der Waals surface area contributed by atoms with Crippen LogP contribution in [-0.4, -0.2) is 42.4 Å². The number of rotatable bonds is 5. The summed E-state index contributed by atoms with van der Waals surface area (Å²) in [4.78, 5) is 33.3. The summed E-state index contributed by atoms with van der Waals surface area (Å²) < 4.78 is 16.8. The van der Waals surface area contributed by atoms with Crippen molar-refractivity contribution in [1.29, 1.82) is 0 Å². The molecule has 2 aromatic carbocycles. The molecule has 2 unspecified atom stereocenters. The van der Waals surface area contributed by atoms with Gasteiger partial charge in [0.15, 0.2) is 0 Å². The van der Waals surface area contributed by atoms with E-state index in [4.69, 9.17) is 0 Å². The predicted octanol–water partition coefficient (Wildman–Crippen LogP) is 4.19. The van der Waals surface area contributed by atoms with Gasteiger partial charge in [-0.25, -0.2) is 14.1 Å². The van der Waals surface area contributed by atoms with Crippen molar-refractivity contribution in [2.75, 3.05) is 4.90 Å². The highest BCUT2D eigenvalue weighted by Crippen LogP contribution is 2.41. The molecule has 11 heteroatoms. The van der Waals surface area contributed by atoms with Gasteiger partial charge in [-0.05, 0) is 55.5 Å². The molecule has 3 atom stereocenters. The van der Waals surface area contributed by atoms with Crippen LogP contribution >= 0.6 is 11.3 Å². The Balaban J connectivity index is 1.40. The maximum Gasteiger partial charge on any atom is 0.263 e. The van der Waals surface area contributed by atoms with Gasteiger partial charge in [-0.1, -0.05) is 6.92 Å². The largest absolute Gasteiger partial charge is 0.345 e. The first-order chi connectivity index (χ1) is 18.3. The van der Waals surface area contributed by atoms with Crippen LogP contribution in [0.25, 0.3) is 16.6 Å². The van der Waals surface area contributed by atoms with Crippen molar-refractivity contribution in [1.82, 2.24) is 29.9 Å². The second-order valence-corrected chi connectivity index (χ2v) is 10.3. The molecule has 1 saturated heterocycles. The highest BCUT2D eigenvalue weighted by molar-refractivity contribution is 7.11. The standard InChI is InChI=1S/C27H24FN7O2S/c1-15-23(31-26(36)25-16(2)29-14-38-25)24(21-10-11-33(3)32-21)34(27(15)37)20-8-9-22-17(12-20)13-30-35(22)19-6-4-18(28)5-7-19/h4-15,23-24H,1-3H3,(H,31,36)/t15?,23-,24?/m0/s1. The highest BCUT2D eigenvalue weighted by Gasteiger charge is 2.49. The third kappa shape index (κ3) is 3.95. The number of thiazole rings is 1. The molecule has 1 N–H and O–H groups in total. The number of carbonyl (C=O) groups is 2. The number of benzene rings is 2. The molecule has 1 fully saturated rings. The van der Waals surface area contributed by atoms with Gasteiger partial charge in [0.1, 0.15) is 16.7 Å². The molecular weight excluding hydrogens is 505 g/mol. The van der Waals surface area contributed by atoms with Crippen molar-refractivity contribution in [3.63, 3.8) is 0 Å². The van der Waals surface area contributed by atoms with Gasteiger partial charge in [0, 0.05) is 24.3 Å². The number of amides is 2. The van der Waals surface area contributed by atoms with Crippen LogP contribution in [-0.2, 0) is 11.8 Å². The Labute approximate surface area is 221 Å². The summed E-state index contributed by atoms with van der Waals surface area (Å²) in [5.74, 6) is -1.18. The summed E-state index contributed by atoms with van der Waals surface area (Å²) in [5, 5.41) is 13.0. The third-order valence-corrected chi connectivity index (χ3v) is 7.90. The number of fused-ring (bicyclic) bond motifs is 1. The summed E-state index contributed by atoms with van der Waals surface area (Å²) in [6.07, 6.45) is 3.54. The Morgan fingerprint density at radius 1 is 1.11 bits per heavy atom. The van der Waals surface area contributed by atoms with Crippen LogP contribution < -0.4 is 10.2 Å². The van der Waals surface area contributed by atoms with Crippen LogP contribution in [0.1, 0.15) is 34.0 Å². The van der Waals surface area contributed by atoms with Crippen molar-refractivity contribution in [2.24, 2.45) is 13.0 Å². The van der Waals surface area contributed by atoms with Crippen molar-refractivity contribution < 1.29 is 14.0 Å². The molecule has 0 aliphatic carbocycles. The predicted molar refractivity (Wildman–Crippen MR) is 142 cm³/mol. The fraction of sp³-hybridized carbons (Fsp3) is 0.222. The van der Waals surface area contributed by atoms with Gasteiger partial charge in [0.05, 0.1) is 46.3 Å². The monoisotopic (exact) mass is 529 g/mol. The lowest BCUT2D eigenvalue weighted by Crippen LogP contribution is -2.42. The number of nitrogens with zero attached hydrogens (tertiary/aromatic N) is 6. The maximum absolute atomic E-state index is 13.7. The van der Waals surface area contributed by atoms with E-state index in [1.54, 1.807) is 45.0 Å². The average molecular weight is 530 g/mol. The van der Waals surface area contributed by atoms with Crippen LogP contribution in [0.2, 0.25) is 0 Å². The molecular formula is C27H24FN7O2S. The summed E-state index contributed by atoms with van der Waals surface area (Å²) in [5.41, 5.74) is 5.19. The molecule has 5 aromatic rings. The first-order valence-corrected chi connectivity index (χ1v) is 13.0. The Morgan fingerprint density at radius 3 is 2.55 bits per heavy atom. The lowest BCUT2D eigenvalue weighted by Gasteiger charge is -2.27. The fourth-order valence-corrected chi connectivity index (χ4v) is 5.74. The normalized spacial score (nSPS) is 19.4. The molecule has 1 aliphatic heterocycles. The number of carbonyl (C=O) groups excluding carboxylic acids is 2. The van der Waals surface area contributed by atoms with Gasteiger partial charge in [-0.3, -0.25) is 14.3 Å². The Kier molecular flexibility index (Phi) is 5.79. The molecule has 0 saturated carbocycles. The van der Waals surface area contributed by atoms with E-state index in [1.165, 1.54) is 23.5 Å². The Hall–Kier alpha value is -4.38. The van der Waals surface area contributed by atoms with E-state index in [2.05, 4.69) is 20.5 Å². The average Bonchev–Trinajstić information content (AvgIpc) is 3.68. The van der Waals surface area contributed by atoms with Gasteiger partial charge < -0.3 is 10.2 Å². The zero-order valence-corrected chi connectivity index (χ0v) is 21.7. The molecule has 4 heterocycles. The topological polar surface area (TPSA) is 97.9 Å². The number of nitrogens with one attached hydrogen (secondary N) is 1. The number of hydrogen-bond acceptors (Lipinski definition) is 6. The number of hydrogen-bond donors (Lipinski definition) is 1. The summed E-state index contributed by atoms with van der Waals surface area (Å²) in [7, 11) is 1.82. The molecule has 38 heavy (non-hydrogen) atoms. The van der Waals surface area contributed by atoms with Crippen LogP contribution in [0.4, 0.5) is 10.1 Å². The number of aromatic nitrogens is 5. The van der Waals surface area contributed by atoms with E-state index in [0.717, 1.165) is 16.6 Å². The van der Waals surface area contributed by atoms with Crippen molar-refractivity contribution in [3.8, 4) is 5.69 Å². The lowest BCUT2D eigenvalue weighted by molar-refractivity contribution is -0.120. The van der Waals surface area contributed by atoms with Gasteiger partial charge in [-0.2, -0.15) is 10.2 Å². The molecule has 2 amide bonds. The highest BCUT2D eigenvalue weighted by atomic mass is 32.1. The first-order valence-electron chi connectivity index (χ1n) is 12.1. The minimum atomic E-state index is -0.513. The number of anilines is 1. The SMILES string of the molecule is Cc1ncsc1C(=O)N[C@H]1C(C)C(=O)N(c2ccc3c(cnn3-c3ccc(F)cc3)c2)C1c1ccn(C)n1. The van der Waals surface area contributed by atoms with Gasteiger partial charge >= 0.3 is 0 Å². The summed E-state index contributed by atoms with van der Waals surface area (Å²) in [6, 6.07) is 12.6. The molecule has 0 bridgehead atoms. The number of aryl methyl sites for hydroxylation is 2.